The molecule has 0 aromatic heterocycles. The van der Waals surface area contributed by atoms with Gasteiger partial charge >= 0.3 is 0 Å². The third kappa shape index (κ3) is 3.54. The molecule has 1 nitrogen and oxygen atoms in total. The monoisotopic (exact) mass is 265 g/mol. The quantitative estimate of drug-likeness (QED) is 0.687. The average Bonchev–Trinajstić information content (AvgIpc) is 2.67. The lowest BCUT2D eigenvalue weighted by Gasteiger charge is -2.48. The van der Waals surface area contributed by atoms with Crippen LogP contribution in [0.3, 0.4) is 0 Å². The Kier molecular flexibility index (Phi) is 4.98. The molecule has 1 heteroatoms. The van der Waals surface area contributed by atoms with Crippen molar-refractivity contribution >= 4 is 0 Å². The van der Waals surface area contributed by atoms with E-state index < -0.39 is 0 Å². The second-order valence-corrected chi connectivity index (χ2v) is 8.40. The van der Waals surface area contributed by atoms with Crippen LogP contribution in [0.1, 0.15) is 85.0 Å². The summed E-state index contributed by atoms with van der Waals surface area (Å²) in [6.45, 7) is 8.19. The SMILES string of the molecule is CC(C)(C)C1CCC(CN)(C2CCCCCC2)CC1. The highest BCUT2D eigenvalue weighted by atomic mass is 14.6. The Balaban J connectivity index is 2.00. The van der Waals surface area contributed by atoms with E-state index in [1.165, 1.54) is 64.2 Å². The van der Waals surface area contributed by atoms with Crippen molar-refractivity contribution in [2.45, 2.75) is 85.0 Å². The molecule has 0 bridgehead atoms. The molecule has 0 saturated heterocycles. The van der Waals surface area contributed by atoms with E-state index in [-0.39, 0.29) is 0 Å². The van der Waals surface area contributed by atoms with E-state index >= 15 is 0 Å². The van der Waals surface area contributed by atoms with Crippen molar-refractivity contribution in [3.05, 3.63) is 0 Å². The van der Waals surface area contributed by atoms with Crippen LogP contribution in [0.2, 0.25) is 0 Å². The fraction of sp³-hybridized carbons (Fsp3) is 1.00. The van der Waals surface area contributed by atoms with Crippen LogP contribution in [0.25, 0.3) is 0 Å². The van der Waals surface area contributed by atoms with Crippen LogP contribution in [-0.2, 0) is 0 Å². The van der Waals surface area contributed by atoms with Gasteiger partial charge in [-0.3, -0.25) is 0 Å². The van der Waals surface area contributed by atoms with Crippen LogP contribution >= 0.6 is 0 Å². The van der Waals surface area contributed by atoms with Crippen molar-refractivity contribution in [3.63, 3.8) is 0 Å². The van der Waals surface area contributed by atoms with Crippen LogP contribution in [-0.4, -0.2) is 6.54 Å². The lowest BCUT2D eigenvalue weighted by Crippen LogP contribution is -2.43. The molecule has 2 N–H and O–H groups in total. The molecule has 2 aliphatic rings. The number of hydrogen-bond donors (Lipinski definition) is 1. The summed E-state index contributed by atoms with van der Waals surface area (Å²) in [5.74, 6) is 1.85. The zero-order chi connectivity index (χ0) is 13.9. The standard InChI is InChI=1S/C18H35N/c1-17(2,3)15-10-12-18(14-19,13-11-15)16-8-6-4-5-7-9-16/h15-16H,4-14,19H2,1-3H3. The molecule has 0 aliphatic heterocycles. The molecule has 0 aromatic carbocycles. The third-order valence-electron chi connectivity index (χ3n) is 6.33. The van der Waals surface area contributed by atoms with Crippen molar-refractivity contribution in [1.29, 1.82) is 0 Å². The van der Waals surface area contributed by atoms with Crippen LogP contribution in [0.4, 0.5) is 0 Å². The van der Waals surface area contributed by atoms with Gasteiger partial charge in [-0.2, -0.15) is 0 Å². The molecule has 0 atom stereocenters. The van der Waals surface area contributed by atoms with Gasteiger partial charge in [0, 0.05) is 0 Å². The van der Waals surface area contributed by atoms with Gasteiger partial charge in [0.1, 0.15) is 0 Å². The Labute approximate surface area is 120 Å². The summed E-state index contributed by atoms with van der Waals surface area (Å²) in [4.78, 5) is 0. The normalized spacial score (nSPS) is 35.1. The molecule has 0 amide bonds. The minimum Gasteiger partial charge on any atom is -0.330 e. The molecule has 0 heterocycles. The minimum absolute atomic E-state index is 0.490. The molecule has 19 heavy (non-hydrogen) atoms. The predicted molar refractivity (Wildman–Crippen MR) is 84.1 cm³/mol. The minimum atomic E-state index is 0.490. The molecule has 0 aromatic rings. The molecular formula is C18H35N. The van der Waals surface area contributed by atoms with Crippen molar-refractivity contribution in [2.75, 3.05) is 6.54 Å². The van der Waals surface area contributed by atoms with E-state index in [0.717, 1.165) is 18.4 Å². The van der Waals surface area contributed by atoms with Crippen LogP contribution in [0, 0.1) is 22.7 Å². The summed E-state index contributed by atoms with van der Waals surface area (Å²) in [6, 6.07) is 0. The number of hydrogen-bond acceptors (Lipinski definition) is 1. The van der Waals surface area contributed by atoms with Gasteiger partial charge < -0.3 is 5.73 Å². The fourth-order valence-electron chi connectivity index (χ4n) is 4.73. The maximum atomic E-state index is 6.27. The summed E-state index contributed by atoms with van der Waals surface area (Å²) in [6.07, 6.45) is 14.4. The van der Waals surface area contributed by atoms with E-state index in [9.17, 15) is 0 Å². The Bertz CT molecular complexity index is 260. The molecule has 0 unspecified atom stereocenters. The summed E-state index contributed by atoms with van der Waals surface area (Å²) in [5, 5.41) is 0. The van der Waals surface area contributed by atoms with Crippen molar-refractivity contribution in [3.8, 4) is 0 Å². The van der Waals surface area contributed by atoms with Gasteiger partial charge in [-0.25, -0.2) is 0 Å². The molecule has 2 fully saturated rings. The lowest BCUT2D eigenvalue weighted by molar-refractivity contribution is 0.0388. The van der Waals surface area contributed by atoms with Gasteiger partial charge in [0.2, 0.25) is 0 Å². The van der Waals surface area contributed by atoms with Gasteiger partial charge in [0.05, 0.1) is 0 Å². The first-order chi connectivity index (χ1) is 8.98. The van der Waals surface area contributed by atoms with Crippen molar-refractivity contribution < 1.29 is 0 Å². The summed E-state index contributed by atoms with van der Waals surface area (Å²) >= 11 is 0. The number of nitrogens with two attached hydrogens (primary N) is 1. The first-order valence-electron chi connectivity index (χ1n) is 8.68. The second-order valence-electron chi connectivity index (χ2n) is 8.40. The van der Waals surface area contributed by atoms with Gasteiger partial charge in [-0.05, 0) is 67.7 Å². The van der Waals surface area contributed by atoms with Crippen LogP contribution in [0.5, 0.6) is 0 Å². The highest BCUT2D eigenvalue weighted by Crippen LogP contribution is 2.51. The molecule has 2 rings (SSSR count). The van der Waals surface area contributed by atoms with Gasteiger partial charge in [0.15, 0.2) is 0 Å². The van der Waals surface area contributed by atoms with E-state index in [0.29, 0.717) is 10.8 Å². The van der Waals surface area contributed by atoms with E-state index in [4.69, 9.17) is 5.73 Å². The van der Waals surface area contributed by atoms with E-state index in [2.05, 4.69) is 20.8 Å². The maximum absolute atomic E-state index is 6.27. The largest absolute Gasteiger partial charge is 0.330 e. The first-order valence-corrected chi connectivity index (χ1v) is 8.68. The highest BCUT2D eigenvalue weighted by molar-refractivity contribution is 4.94. The van der Waals surface area contributed by atoms with Crippen LogP contribution in [0.15, 0.2) is 0 Å². The molecule has 0 radical (unpaired) electrons. The van der Waals surface area contributed by atoms with Gasteiger partial charge in [-0.1, -0.05) is 46.5 Å². The molecular weight excluding hydrogens is 230 g/mol. The Morgan fingerprint density at radius 1 is 0.895 bits per heavy atom. The fourth-order valence-corrected chi connectivity index (χ4v) is 4.73. The first kappa shape index (κ1) is 15.4. The summed E-state index contributed by atoms with van der Waals surface area (Å²) in [5.41, 5.74) is 7.27. The maximum Gasteiger partial charge on any atom is -0.00179 e. The summed E-state index contributed by atoms with van der Waals surface area (Å²) in [7, 11) is 0. The van der Waals surface area contributed by atoms with Crippen LogP contribution < -0.4 is 5.73 Å². The summed E-state index contributed by atoms with van der Waals surface area (Å²) < 4.78 is 0. The average molecular weight is 265 g/mol. The molecule has 2 saturated carbocycles. The topological polar surface area (TPSA) is 26.0 Å². The van der Waals surface area contributed by atoms with E-state index in [1.807, 2.05) is 0 Å². The predicted octanol–water partition coefficient (Wildman–Crippen LogP) is 5.14. The smallest absolute Gasteiger partial charge is 0.00179 e. The Morgan fingerprint density at radius 3 is 1.84 bits per heavy atom. The van der Waals surface area contributed by atoms with Gasteiger partial charge in [0.25, 0.3) is 0 Å². The zero-order valence-electron chi connectivity index (χ0n) is 13.5. The van der Waals surface area contributed by atoms with Gasteiger partial charge in [-0.15, -0.1) is 0 Å². The van der Waals surface area contributed by atoms with Crippen molar-refractivity contribution in [1.82, 2.24) is 0 Å². The highest BCUT2D eigenvalue weighted by Gasteiger charge is 2.42. The molecule has 112 valence electrons. The second kappa shape index (κ2) is 6.16. The molecule has 2 aliphatic carbocycles. The lowest BCUT2D eigenvalue weighted by atomic mass is 9.58. The third-order valence-corrected chi connectivity index (χ3v) is 6.33. The molecule has 0 spiro atoms. The zero-order valence-corrected chi connectivity index (χ0v) is 13.5. The Hall–Kier alpha value is -0.0400. The Morgan fingerprint density at radius 2 is 1.42 bits per heavy atom. The number of rotatable bonds is 2. The van der Waals surface area contributed by atoms with Crippen molar-refractivity contribution in [2.24, 2.45) is 28.4 Å². The van der Waals surface area contributed by atoms with E-state index in [1.54, 1.807) is 0 Å².